The van der Waals surface area contributed by atoms with Crippen molar-refractivity contribution in [3.63, 3.8) is 0 Å². The summed E-state index contributed by atoms with van der Waals surface area (Å²) >= 11 is 0. The molecule has 0 aliphatic rings. The second-order valence-corrected chi connectivity index (χ2v) is 10.2. The molecule has 1 rings (SSSR count). The lowest BCUT2D eigenvalue weighted by Crippen LogP contribution is -2.43. The Hall–Kier alpha value is -1.15. The van der Waals surface area contributed by atoms with E-state index in [-0.39, 0.29) is 23.9 Å². The SMILES string of the molecule is CCOC(CCCOc1ccccc1)(CC(C)(C)CC(C)(C)C)OS(=O)(=O)O. The Bertz CT molecular complexity index is 679. The first kappa shape index (κ1) is 24.9. The fourth-order valence-electron chi connectivity index (χ4n) is 4.04. The van der Waals surface area contributed by atoms with Crippen LogP contribution in [0.25, 0.3) is 0 Å². The normalized spacial score (nSPS) is 15.2. The summed E-state index contributed by atoms with van der Waals surface area (Å²) < 4.78 is 49.1. The van der Waals surface area contributed by atoms with E-state index >= 15 is 0 Å². The minimum absolute atomic E-state index is 0.0516. The van der Waals surface area contributed by atoms with Gasteiger partial charge in [0.1, 0.15) is 5.75 Å². The average Bonchev–Trinajstić information content (AvgIpc) is 2.48. The number of hydrogen-bond acceptors (Lipinski definition) is 5. The zero-order valence-corrected chi connectivity index (χ0v) is 18.8. The van der Waals surface area contributed by atoms with Crippen LogP contribution in [0, 0.1) is 10.8 Å². The van der Waals surface area contributed by atoms with Gasteiger partial charge in [-0.2, -0.15) is 8.42 Å². The van der Waals surface area contributed by atoms with E-state index in [0.717, 1.165) is 12.2 Å². The Morgan fingerprint density at radius 2 is 1.61 bits per heavy atom. The first-order valence-electron chi connectivity index (χ1n) is 9.76. The van der Waals surface area contributed by atoms with E-state index in [1.54, 1.807) is 6.92 Å². The molecule has 6 nitrogen and oxygen atoms in total. The fraction of sp³-hybridized carbons (Fsp3) is 0.714. The molecule has 7 heteroatoms. The van der Waals surface area contributed by atoms with Crippen LogP contribution < -0.4 is 4.74 Å². The molecule has 0 heterocycles. The molecule has 0 radical (unpaired) electrons. The molecule has 0 aliphatic heterocycles. The maximum absolute atomic E-state index is 11.6. The zero-order chi connectivity index (χ0) is 21.5. The van der Waals surface area contributed by atoms with E-state index in [2.05, 4.69) is 34.6 Å². The van der Waals surface area contributed by atoms with E-state index in [1.165, 1.54) is 0 Å². The van der Waals surface area contributed by atoms with Crippen LogP contribution in [0.3, 0.4) is 0 Å². The van der Waals surface area contributed by atoms with Crippen molar-refractivity contribution < 1.29 is 26.6 Å². The second kappa shape index (κ2) is 10.1. The van der Waals surface area contributed by atoms with Crippen molar-refractivity contribution in [2.24, 2.45) is 10.8 Å². The van der Waals surface area contributed by atoms with Crippen molar-refractivity contribution in [2.75, 3.05) is 13.2 Å². The molecular formula is C21H36O6S. The Kier molecular flexibility index (Phi) is 8.93. The lowest BCUT2D eigenvalue weighted by molar-refractivity contribution is -0.207. The molecule has 0 bridgehead atoms. The van der Waals surface area contributed by atoms with Gasteiger partial charge in [-0.1, -0.05) is 52.8 Å². The van der Waals surface area contributed by atoms with E-state index < -0.39 is 16.2 Å². The first-order valence-corrected chi connectivity index (χ1v) is 11.1. The number of hydrogen-bond donors (Lipinski definition) is 1. The predicted molar refractivity (Wildman–Crippen MR) is 111 cm³/mol. The summed E-state index contributed by atoms with van der Waals surface area (Å²) in [6.07, 6.45) is 1.96. The molecule has 0 saturated heterocycles. The monoisotopic (exact) mass is 416 g/mol. The molecule has 0 saturated carbocycles. The lowest BCUT2D eigenvalue weighted by atomic mass is 9.72. The predicted octanol–water partition coefficient (Wildman–Crippen LogP) is 5.25. The van der Waals surface area contributed by atoms with E-state index in [0.29, 0.717) is 19.4 Å². The van der Waals surface area contributed by atoms with Crippen LogP contribution in [0.2, 0.25) is 0 Å². The summed E-state index contributed by atoms with van der Waals surface area (Å²) in [4.78, 5) is 0. The van der Waals surface area contributed by atoms with Gasteiger partial charge < -0.3 is 9.47 Å². The van der Waals surface area contributed by atoms with Gasteiger partial charge in [0.25, 0.3) is 0 Å². The third-order valence-corrected chi connectivity index (χ3v) is 4.65. The summed E-state index contributed by atoms with van der Waals surface area (Å²) in [5, 5.41) is 0. The molecular weight excluding hydrogens is 380 g/mol. The Balaban J connectivity index is 2.91. The minimum atomic E-state index is -4.68. The summed E-state index contributed by atoms with van der Waals surface area (Å²) in [5.41, 5.74) is -0.214. The van der Waals surface area contributed by atoms with E-state index in [4.69, 9.17) is 13.7 Å². The number of para-hydroxylation sites is 1. The van der Waals surface area contributed by atoms with Crippen molar-refractivity contribution in [1.29, 1.82) is 0 Å². The van der Waals surface area contributed by atoms with Crippen molar-refractivity contribution in [1.82, 2.24) is 0 Å². The van der Waals surface area contributed by atoms with Crippen LogP contribution in [0.5, 0.6) is 5.75 Å². The molecule has 0 aliphatic carbocycles. The topological polar surface area (TPSA) is 82.1 Å². The van der Waals surface area contributed by atoms with Gasteiger partial charge in [0.15, 0.2) is 5.79 Å². The highest BCUT2D eigenvalue weighted by molar-refractivity contribution is 7.80. The molecule has 28 heavy (non-hydrogen) atoms. The van der Waals surface area contributed by atoms with Crippen LogP contribution in [-0.4, -0.2) is 32.0 Å². The van der Waals surface area contributed by atoms with Gasteiger partial charge in [-0.05, 0) is 42.7 Å². The van der Waals surface area contributed by atoms with Crippen LogP contribution in [0.4, 0.5) is 0 Å². The number of benzene rings is 1. The van der Waals surface area contributed by atoms with Gasteiger partial charge in [-0.25, -0.2) is 4.18 Å². The molecule has 1 unspecified atom stereocenters. The van der Waals surface area contributed by atoms with Gasteiger partial charge in [-0.3, -0.25) is 4.55 Å². The van der Waals surface area contributed by atoms with Crippen molar-refractivity contribution >= 4 is 10.4 Å². The van der Waals surface area contributed by atoms with Gasteiger partial charge in [-0.15, -0.1) is 0 Å². The molecule has 1 aromatic rings. The zero-order valence-electron chi connectivity index (χ0n) is 18.0. The maximum atomic E-state index is 11.6. The molecule has 0 spiro atoms. The largest absolute Gasteiger partial charge is 0.494 e. The summed E-state index contributed by atoms with van der Waals surface area (Å²) in [6, 6.07) is 9.39. The van der Waals surface area contributed by atoms with Crippen LogP contribution in [0.15, 0.2) is 30.3 Å². The minimum Gasteiger partial charge on any atom is -0.494 e. The van der Waals surface area contributed by atoms with Crippen LogP contribution in [-0.2, 0) is 19.3 Å². The van der Waals surface area contributed by atoms with Crippen molar-refractivity contribution in [2.45, 2.75) is 73.0 Å². The molecule has 162 valence electrons. The highest BCUT2D eigenvalue weighted by atomic mass is 32.3. The van der Waals surface area contributed by atoms with Gasteiger partial charge in [0.05, 0.1) is 6.61 Å². The molecule has 1 atom stereocenters. The first-order chi connectivity index (χ1) is 12.8. The Morgan fingerprint density at radius 3 is 2.11 bits per heavy atom. The Labute approximate surface area is 170 Å². The molecule has 1 aromatic carbocycles. The Morgan fingerprint density at radius 1 is 1.00 bits per heavy atom. The molecule has 0 amide bonds. The van der Waals surface area contributed by atoms with Crippen molar-refractivity contribution in [3.05, 3.63) is 30.3 Å². The van der Waals surface area contributed by atoms with Crippen molar-refractivity contribution in [3.8, 4) is 5.75 Å². The highest BCUT2D eigenvalue weighted by Crippen LogP contribution is 2.42. The maximum Gasteiger partial charge on any atom is 0.400 e. The third kappa shape index (κ3) is 10.4. The summed E-state index contributed by atoms with van der Waals surface area (Å²) in [6.45, 7) is 12.9. The van der Waals surface area contributed by atoms with Gasteiger partial charge >= 0.3 is 10.4 Å². The average molecular weight is 417 g/mol. The number of rotatable bonds is 12. The fourth-order valence-corrected chi connectivity index (χ4v) is 4.61. The van der Waals surface area contributed by atoms with Crippen LogP contribution >= 0.6 is 0 Å². The van der Waals surface area contributed by atoms with Gasteiger partial charge in [0.2, 0.25) is 0 Å². The second-order valence-electron chi connectivity index (χ2n) is 9.20. The lowest BCUT2D eigenvalue weighted by Gasteiger charge is -2.41. The molecule has 1 N–H and O–H groups in total. The standard InChI is InChI=1S/C21H36O6S/c1-7-26-21(27-28(22,23)24,17-20(5,6)16-19(2,3)4)14-11-15-25-18-12-9-8-10-13-18/h8-10,12-13H,7,11,14-17H2,1-6H3,(H,22,23,24). The third-order valence-electron chi connectivity index (χ3n) is 4.14. The highest BCUT2D eigenvalue weighted by Gasteiger charge is 2.42. The number of ether oxygens (including phenoxy) is 2. The van der Waals surface area contributed by atoms with Crippen LogP contribution in [0.1, 0.15) is 67.2 Å². The van der Waals surface area contributed by atoms with E-state index in [9.17, 15) is 13.0 Å². The smallest absolute Gasteiger partial charge is 0.400 e. The van der Waals surface area contributed by atoms with E-state index in [1.807, 2.05) is 30.3 Å². The summed E-state index contributed by atoms with van der Waals surface area (Å²) in [7, 11) is -4.68. The van der Waals surface area contributed by atoms with Gasteiger partial charge in [0, 0.05) is 19.4 Å². The summed E-state index contributed by atoms with van der Waals surface area (Å²) in [5.74, 6) is -0.690. The molecule has 0 aromatic heterocycles. The molecule has 0 fully saturated rings. The quantitative estimate of drug-likeness (QED) is 0.285.